The molecule has 1 aromatic carbocycles. The number of hydrogen-bond acceptors (Lipinski definition) is 8. The molecule has 0 aliphatic rings. The quantitative estimate of drug-likeness (QED) is 0.120. The van der Waals surface area contributed by atoms with E-state index in [1.54, 1.807) is 17.5 Å². The Morgan fingerprint density at radius 2 is 1.79 bits per heavy atom. The van der Waals surface area contributed by atoms with Crippen LogP contribution >= 0.6 is 11.3 Å². The van der Waals surface area contributed by atoms with Crippen LogP contribution in [0.1, 0.15) is 55.8 Å². The summed E-state index contributed by atoms with van der Waals surface area (Å²) in [5.41, 5.74) is 1.86. The molecule has 5 N–H and O–H groups in total. The van der Waals surface area contributed by atoms with Crippen LogP contribution in [0.5, 0.6) is 5.75 Å². The van der Waals surface area contributed by atoms with Crippen LogP contribution in [0.4, 0.5) is 0 Å². The third kappa shape index (κ3) is 8.93. The zero-order valence-electron chi connectivity index (χ0n) is 22.5. The number of ether oxygens (including phenoxy) is 1. The molecule has 0 radical (unpaired) electrons. The van der Waals surface area contributed by atoms with Gasteiger partial charge in [0.05, 0.1) is 23.4 Å². The van der Waals surface area contributed by atoms with Gasteiger partial charge in [-0.25, -0.2) is 5.48 Å². The van der Waals surface area contributed by atoms with Crippen LogP contribution in [0, 0.1) is 11.3 Å². The molecular weight excluding hydrogens is 508 g/mol. The van der Waals surface area contributed by atoms with Crippen LogP contribution < -0.4 is 20.9 Å². The number of benzene rings is 1. The molecule has 0 fully saturated rings. The Kier molecular flexibility index (Phi) is 11.9. The van der Waals surface area contributed by atoms with Gasteiger partial charge in [0.1, 0.15) is 17.7 Å². The summed E-state index contributed by atoms with van der Waals surface area (Å²) in [6.07, 6.45) is -0.509. The number of carbonyl (C=O) groups excluding carboxylic acids is 3. The molecule has 0 aliphatic carbocycles. The van der Waals surface area contributed by atoms with Gasteiger partial charge in [0.2, 0.25) is 5.91 Å². The molecule has 10 nitrogen and oxygen atoms in total. The van der Waals surface area contributed by atoms with Crippen LogP contribution in [-0.2, 0) is 16.0 Å². The van der Waals surface area contributed by atoms with E-state index in [-0.39, 0.29) is 18.2 Å². The lowest BCUT2D eigenvalue weighted by atomic mass is 9.84. The van der Waals surface area contributed by atoms with Gasteiger partial charge in [0, 0.05) is 7.05 Å². The summed E-state index contributed by atoms with van der Waals surface area (Å²) in [5, 5.41) is 27.1. The number of aliphatic hydroxyl groups is 1. The molecule has 208 valence electrons. The minimum atomic E-state index is -1.77. The average molecular weight is 547 g/mol. The molecule has 0 spiro atoms. The fourth-order valence-electron chi connectivity index (χ4n) is 3.91. The monoisotopic (exact) mass is 546 g/mol. The highest BCUT2D eigenvalue weighted by molar-refractivity contribution is 7.12. The summed E-state index contributed by atoms with van der Waals surface area (Å²) in [6, 6.07) is 10.3. The number of hydrogen-bond donors (Lipinski definition) is 5. The highest BCUT2D eigenvalue weighted by Gasteiger charge is 2.37. The van der Waals surface area contributed by atoms with E-state index in [9.17, 15) is 19.5 Å². The molecule has 3 amide bonds. The van der Waals surface area contributed by atoms with E-state index in [0.29, 0.717) is 24.3 Å². The van der Waals surface area contributed by atoms with Gasteiger partial charge in [-0.1, -0.05) is 39.0 Å². The first kappa shape index (κ1) is 30.9. The number of nitrogens with one attached hydrogen (secondary N) is 3. The van der Waals surface area contributed by atoms with Crippen molar-refractivity contribution in [3.05, 3.63) is 52.2 Å². The Morgan fingerprint density at radius 3 is 2.32 bits per heavy atom. The van der Waals surface area contributed by atoms with Crippen molar-refractivity contribution >= 4 is 34.9 Å². The highest BCUT2D eigenvalue weighted by Crippen LogP contribution is 2.23. The first-order chi connectivity index (χ1) is 18.0. The van der Waals surface area contributed by atoms with Crippen molar-refractivity contribution in [2.75, 3.05) is 13.7 Å². The van der Waals surface area contributed by atoms with Gasteiger partial charge in [-0.15, -0.1) is 11.3 Å². The van der Waals surface area contributed by atoms with Crippen molar-refractivity contribution in [1.29, 1.82) is 0 Å². The summed E-state index contributed by atoms with van der Waals surface area (Å²) in [5.74, 6) is -2.17. The summed E-state index contributed by atoms with van der Waals surface area (Å²) in [4.78, 5) is 42.9. The number of carbonyl (C=O) groups is 3. The van der Waals surface area contributed by atoms with E-state index >= 15 is 0 Å². The summed E-state index contributed by atoms with van der Waals surface area (Å²) in [6.45, 7) is 8.09. The summed E-state index contributed by atoms with van der Waals surface area (Å²) in [7, 11) is 1.51. The molecule has 0 saturated carbocycles. The largest absolute Gasteiger partial charge is 0.494 e. The Labute approximate surface area is 227 Å². The van der Waals surface area contributed by atoms with E-state index in [0.717, 1.165) is 11.3 Å². The molecule has 11 heteroatoms. The van der Waals surface area contributed by atoms with Gasteiger partial charge in [-0.3, -0.25) is 24.6 Å². The number of aliphatic hydroxyl groups excluding tert-OH is 1. The molecular formula is C27H38N4O6S. The van der Waals surface area contributed by atoms with Crippen molar-refractivity contribution in [3.63, 3.8) is 0 Å². The Morgan fingerprint density at radius 1 is 1.11 bits per heavy atom. The predicted octanol–water partition coefficient (Wildman–Crippen LogP) is 2.94. The molecule has 0 saturated heterocycles. The maximum Gasteiger partial charge on any atom is 0.272 e. The summed E-state index contributed by atoms with van der Waals surface area (Å²) < 4.78 is 5.45. The van der Waals surface area contributed by atoms with Crippen LogP contribution in [0.15, 0.2) is 46.8 Å². The Hall–Kier alpha value is -3.28. The second kappa shape index (κ2) is 14.6. The van der Waals surface area contributed by atoms with Crippen LogP contribution in [0.25, 0.3) is 0 Å². The zero-order chi connectivity index (χ0) is 28.3. The highest BCUT2D eigenvalue weighted by atomic mass is 32.1. The minimum Gasteiger partial charge on any atom is -0.494 e. The average Bonchev–Trinajstić information content (AvgIpc) is 3.43. The van der Waals surface area contributed by atoms with Crippen molar-refractivity contribution < 1.29 is 29.4 Å². The Bertz CT molecular complexity index is 1080. The second-order valence-electron chi connectivity index (χ2n) is 9.84. The van der Waals surface area contributed by atoms with E-state index in [4.69, 9.17) is 9.94 Å². The molecule has 0 aliphatic heterocycles. The fourth-order valence-corrected chi connectivity index (χ4v) is 4.53. The lowest BCUT2D eigenvalue weighted by molar-refractivity contribution is -0.146. The lowest BCUT2D eigenvalue weighted by Gasteiger charge is -2.34. The first-order valence-electron chi connectivity index (χ1n) is 12.5. The topological polar surface area (TPSA) is 149 Å². The third-order valence-corrected chi connectivity index (χ3v) is 6.83. The lowest BCUT2D eigenvalue weighted by Crippen LogP contribution is -2.57. The van der Waals surface area contributed by atoms with Crippen molar-refractivity contribution in [1.82, 2.24) is 16.1 Å². The number of thiophene rings is 1. The van der Waals surface area contributed by atoms with Crippen molar-refractivity contribution in [2.24, 2.45) is 16.3 Å². The van der Waals surface area contributed by atoms with Crippen LogP contribution in [0.2, 0.25) is 0 Å². The number of rotatable bonds is 12. The number of amidine groups is 1. The van der Waals surface area contributed by atoms with E-state index in [1.807, 2.05) is 52.0 Å². The molecule has 1 heterocycles. The number of amides is 3. The van der Waals surface area contributed by atoms with E-state index in [2.05, 4.69) is 15.6 Å². The van der Waals surface area contributed by atoms with Gasteiger partial charge in [0.15, 0.2) is 0 Å². The molecule has 0 bridgehead atoms. The van der Waals surface area contributed by atoms with Crippen LogP contribution in [0.3, 0.4) is 0 Å². The summed E-state index contributed by atoms with van der Waals surface area (Å²) >= 11 is 1.28. The molecule has 2 rings (SSSR count). The van der Waals surface area contributed by atoms with Crippen molar-refractivity contribution in [2.45, 2.75) is 59.1 Å². The number of hydroxylamine groups is 1. The van der Waals surface area contributed by atoms with Gasteiger partial charge in [-0.05, 0) is 60.7 Å². The van der Waals surface area contributed by atoms with Gasteiger partial charge < -0.3 is 20.5 Å². The maximum absolute atomic E-state index is 13.4. The normalized spacial score (nSPS) is 14.2. The minimum absolute atomic E-state index is 0.171. The van der Waals surface area contributed by atoms with Crippen LogP contribution in [-0.4, -0.2) is 59.7 Å². The third-order valence-electron chi connectivity index (χ3n) is 5.97. The molecule has 3 atom stereocenters. The van der Waals surface area contributed by atoms with E-state index < -0.39 is 35.3 Å². The van der Waals surface area contributed by atoms with Gasteiger partial charge in [0.25, 0.3) is 11.8 Å². The number of aryl methyl sites for hydroxylation is 1. The SMILES string of the molecule is CCOc1ccc(CCC[C@@H](C(=O)N[C@H](C(=NC)NC(=O)c2cccs2)C(C)(C)C)[C@H](O)C(=O)NO)cc1. The smallest absolute Gasteiger partial charge is 0.272 e. The standard InChI is InChI=1S/C27H38N4O6S/c1-6-37-18-14-12-17(13-15-18)9-7-10-19(21(32)26(35)31-36)24(33)29-22(27(2,3)4)23(28-5)30-25(34)20-11-8-16-38-20/h8,11-16,19,21-22,32,36H,6-7,9-10H2,1-5H3,(H,29,33)(H,31,35)(H,28,30,34)/t19-,21+,22-/m1/s1. The second-order valence-corrected chi connectivity index (χ2v) is 10.8. The number of nitrogens with zero attached hydrogens (tertiary/aromatic N) is 1. The predicted molar refractivity (Wildman–Crippen MR) is 147 cm³/mol. The number of aliphatic imine (C=N–C) groups is 1. The van der Waals surface area contributed by atoms with E-state index in [1.165, 1.54) is 23.9 Å². The van der Waals surface area contributed by atoms with Gasteiger partial charge >= 0.3 is 0 Å². The molecule has 38 heavy (non-hydrogen) atoms. The zero-order valence-corrected chi connectivity index (χ0v) is 23.3. The maximum atomic E-state index is 13.4. The van der Waals surface area contributed by atoms with Gasteiger partial charge in [-0.2, -0.15) is 0 Å². The first-order valence-corrected chi connectivity index (χ1v) is 13.3. The van der Waals surface area contributed by atoms with Crippen molar-refractivity contribution in [3.8, 4) is 5.75 Å². The fraction of sp³-hybridized carbons (Fsp3) is 0.481. The molecule has 2 aromatic rings. The Balaban J connectivity index is 2.18. The molecule has 1 aromatic heterocycles. The molecule has 0 unspecified atom stereocenters.